The molecule has 2 N–H and O–H groups in total. The van der Waals surface area contributed by atoms with Gasteiger partial charge in [0.25, 0.3) is 0 Å². The van der Waals surface area contributed by atoms with E-state index in [1.165, 1.54) is 51.9 Å². The molecule has 0 radical (unpaired) electrons. The summed E-state index contributed by atoms with van der Waals surface area (Å²) in [5, 5.41) is 0. The average molecular weight is 241 g/mol. The Morgan fingerprint density at radius 2 is 1.76 bits per heavy atom. The second-order valence-corrected chi connectivity index (χ2v) is 5.65. The molecule has 2 fully saturated rings. The molecule has 1 saturated carbocycles. The van der Waals surface area contributed by atoms with Crippen LogP contribution in [0, 0.1) is 0 Å². The Morgan fingerprint density at radius 3 is 2.24 bits per heavy atom. The van der Waals surface area contributed by atoms with Crippen LogP contribution in [-0.2, 0) is 4.74 Å². The third-order valence-electron chi connectivity index (χ3n) is 4.75. The highest BCUT2D eigenvalue weighted by molar-refractivity contribution is 4.97. The number of hydrogen-bond donors (Lipinski definition) is 1. The van der Waals surface area contributed by atoms with E-state index in [4.69, 9.17) is 10.5 Å². The van der Waals surface area contributed by atoms with Crippen molar-refractivity contribution >= 4 is 0 Å². The normalized spacial score (nSPS) is 37.2. The number of likely N-dealkylation sites (N-methyl/N-ethyl adjacent to an activating group) is 1. The van der Waals surface area contributed by atoms with Gasteiger partial charge in [-0.1, -0.05) is 0 Å². The number of rotatable bonds is 3. The Bertz CT molecular complexity index is 231. The second-order valence-electron chi connectivity index (χ2n) is 5.65. The van der Waals surface area contributed by atoms with Crippen LogP contribution in [-0.4, -0.2) is 68.3 Å². The number of hydrogen-bond acceptors (Lipinski definition) is 4. The lowest BCUT2D eigenvalue weighted by Crippen LogP contribution is -2.61. The van der Waals surface area contributed by atoms with Crippen molar-refractivity contribution in [1.82, 2.24) is 9.80 Å². The lowest BCUT2D eigenvalue weighted by molar-refractivity contribution is -0.0233. The van der Waals surface area contributed by atoms with Crippen molar-refractivity contribution in [2.75, 3.05) is 46.9 Å². The maximum atomic E-state index is 6.09. The molecule has 1 saturated heterocycles. The van der Waals surface area contributed by atoms with Crippen molar-refractivity contribution in [2.24, 2.45) is 5.73 Å². The molecule has 1 aliphatic carbocycles. The molecule has 0 bridgehead atoms. The molecule has 2 aliphatic rings. The second kappa shape index (κ2) is 5.65. The fraction of sp³-hybridized carbons (Fsp3) is 1.00. The smallest absolute Gasteiger partial charge is 0.0572 e. The van der Waals surface area contributed by atoms with Crippen LogP contribution in [0.3, 0.4) is 0 Å². The monoisotopic (exact) mass is 241 g/mol. The predicted octanol–water partition coefficient (Wildman–Crippen LogP) is 0.520. The van der Waals surface area contributed by atoms with Crippen molar-refractivity contribution in [2.45, 2.75) is 37.3 Å². The molecule has 4 nitrogen and oxygen atoms in total. The van der Waals surface area contributed by atoms with Crippen LogP contribution in [0.2, 0.25) is 0 Å². The SMILES string of the molecule is COC1CCC(CN)(N2CCN(C)CC2)CC1. The summed E-state index contributed by atoms with van der Waals surface area (Å²) in [5.74, 6) is 0. The molecule has 0 amide bonds. The van der Waals surface area contributed by atoms with Crippen LogP contribution in [0.4, 0.5) is 0 Å². The molecule has 0 atom stereocenters. The summed E-state index contributed by atoms with van der Waals surface area (Å²) in [6.07, 6.45) is 5.19. The molecule has 0 unspecified atom stereocenters. The van der Waals surface area contributed by atoms with Gasteiger partial charge in [-0.2, -0.15) is 0 Å². The Labute approximate surface area is 105 Å². The number of nitrogens with two attached hydrogens (primary N) is 1. The molecular formula is C13H27N3O. The lowest BCUT2D eigenvalue weighted by Gasteiger charge is -2.50. The third kappa shape index (κ3) is 2.81. The van der Waals surface area contributed by atoms with Gasteiger partial charge in [-0.05, 0) is 32.7 Å². The predicted molar refractivity (Wildman–Crippen MR) is 70.1 cm³/mol. The molecule has 17 heavy (non-hydrogen) atoms. The topological polar surface area (TPSA) is 41.7 Å². The minimum atomic E-state index is 0.260. The van der Waals surface area contributed by atoms with Crippen LogP contribution >= 0.6 is 0 Å². The Morgan fingerprint density at radius 1 is 1.18 bits per heavy atom. The van der Waals surface area contributed by atoms with Crippen molar-refractivity contribution in [1.29, 1.82) is 0 Å². The fourth-order valence-electron chi connectivity index (χ4n) is 3.29. The van der Waals surface area contributed by atoms with E-state index in [0.29, 0.717) is 6.10 Å². The summed E-state index contributed by atoms with van der Waals surface area (Å²) in [4.78, 5) is 5.04. The van der Waals surface area contributed by atoms with Crippen LogP contribution in [0.25, 0.3) is 0 Å². The molecule has 0 spiro atoms. The summed E-state index contributed by atoms with van der Waals surface area (Å²) < 4.78 is 5.47. The fourth-order valence-corrected chi connectivity index (χ4v) is 3.29. The zero-order valence-electron chi connectivity index (χ0n) is 11.3. The highest BCUT2D eigenvalue weighted by atomic mass is 16.5. The Hall–Kier alpha value is -0.160. The van der Waals surface area contributed by atoms with E-state index in [9.17, 15) is 0 Å². The van der Waals surface area contributed by atoms with Gasteiger partial charge in [0, 0.05) is 45.4 Å². The first kappa shape index (κ1) is 13.3. The van der Waals surface area contributed by atoms with Gasteiger partial charge in [0.2, 0.25) is 0 Å². The van der Waals surface area contributed by atoms with E-state index >= 15 is 0 Å². The summed E-state index contributed by atoms with van der Waals surface area (Å²) in [6.45, 7) is 5.49. The Kier molecular flexibility index (Phi) is 4.42. The zero-order chi connectivity index (χ0) is 12.3. The van der Waals surface area contributed by atoms with Gasteiger partial charge < -0.3 is 15.4 Å². The van der Waals surface area contributed by atoms with Gasteiger partial charge in [0.05, 0.1) is 6.10 Å². The van der Waals surface area contributed by atoms with Crippen molar-refractivity contribution in [3.05, 3.63) is 0 Å². The van der Waals surface area contributed by atoms with E-state index in [0.717, 1.165) is 6.54 Å². The van der Waals surface area contributed by atoms with Crippen LogP contribution in [0.1, 0.15) is 25.7 Å². The molecule has 100 valence electrons. The van der Waals surface area contributed by atoms with E-state index < -0.39 is 0 Å². The van der Waals surface area contributed by atoms with E-state index in [-0.39, 0.29) is 5.54 Å². The molecule has 0 aromatic carbocycles. The van der Waals surface area contributed by atoms with Crippen molar-refractivity contribution < 1.29 is 4.74 Å². The van der Waals surface area contributed by atoms with E-state index in [2.05, 4.69) is 16.8 Å². The molecule has 1 aliphatic heterocycles. The maximum Gasteiger partial charge on any atom is 0.0572 e. The van der Waals surface area contributed by atoms with Crippen molar-refractivity contribution in [3.63, 3.8) is 0 Å². The highest BCUT2D eigenvalue weighted by Crippen LogP contribution is 2.34. The molecular weight excluding hydrogens is 214 g/mol. The minimum Gasteiger partial charge on any atom is -0.381 e. The summed E-state index contributed by atoms with van der Waals surface area (Å²) in [6, 6.07) is 0. The van der Waals surface area contributed by atoms with Gasteiger partial charge in [0.1, 0.15) is 0 Å². The third-order valence-corrected chi connectivity index (χ3v) is 4.75. The van der Waals surface area contributed by atoms with E-state index in [1.807, 2.05) is 7.11 Å². The zero-order valence-corrected chi connectivity index (χ0v) is 11.3. The Balaban J connectivity index is 1.95. The van der Waals surface area contributed by atoms with Gasteiger partial charge in [-0.3, -0.25) is 4.90 Å². The minimum absolute atomic E-state index is 0.260. The first-order chi connectivity index (χ1) is 8.20. The largest absolute Gasteiger partial charge is 0.381 e. The highest BCUT2D eigenvalue weighted by Gasteiger charge is 2.40. The molecule has 1 heterocycles. The van der Waals surface area contributed by atoms with Gasteiger partial charge in [-0.15, -0.1) is 0 Å². The van der Waals surface area contributed by atoms with Crippen LogP contribution in [0.5, 0.6) is 0 Å². The first-order valence-electron chi connectivity index (χ1n) is 6.87. The summed E-state index contributed by atoms with van der Waals surface area (Å²) in [7, 11) is 4.03. The molecule has 0 aromatic rings. The number of piperazine rings is 1. The van der Waals surface area contributed by atoms with Gasteiger partial charge in [-0.25, -0.2) is 0 Å². The molecule has 4 heteroatoms. The molecule has 0 aromatic heterocycles. The molecule has 2 rings (SSSR count). The number of methoxy groups -OCH3 is 1. The summed E-state index contributed by atoms with van der Waals surface area (Å²) >= 11 is 0. The van der Waals surface area contributed by atoms with Crippen molar-refractivity contribution in [3.8, 4) is 0 Å². The summed E-state index contributed by atoms with van der Waals surface area (Å²) in [5.41, 5.74) is 6.35. The van der Waals surface area contributed by atoms with Gasteiger partial charge in [0.15, 0.2) is 0 Å². The van der Waals surface area contributed by atoms with Crippen LogP contribution < -0.4 is 5.73 Å². The number of ether oxygens (including phenoxy) is 1. The van der Waals surface area contributed by atoms with Crippen LogP contribution in [0.15, 0.2) is 0 Å². The number of nitrogens with zero attached hydrogens (tertiary/aromatic N) is 2. The van der Waals surface area contributed by atoms with E-state index in [1.54, 1.807) is 0 Å². The quantitative estimate of drug-likeness (QED) is 0.782. The average Bonchev–Trinajstić information content (AvgIpc) is 2.40. The lowest BCUT2D eigenvalue weighted by atomic mass is 9.78. The maximum absolute atomic E-state index is 6.09. The van der Waals surface area contributed by atoms with Gasteiger partial charge >= 0.3 is 0 Å². The standard InChI is InChI=1S/C13H27N3O/c1-15-7-9-16(10-8-15)13(11-14)5-3-12(17-2)4-6-13/h12H,3-11,14H2,1-2H3. The first-order valence-corrected chi connectivity index (χ1v) is 6.87.